The summed E-state index contributed by atoms with van der Waals surface area (Å²) >= 11 is 0. The summed E-state index contributed by atoms with van der Waals surface area (Å²) in [6, 6.07) is 5.63. The molecule has 0 saturated carbocycles. The zero-order valence-corrected chi connectivity index (χ0v) is 13.8. The molecule has 1 aliphatic heterocycles. The summed E-state index contributed by atoms with van der Waals surface area (Å²) in [5.41, 5.74) is 0.340. The normalized spacial score (nSPS) is 20.5. The van der Waals surface area contributed by atoms with Gasteiger partial charge in [0.25, 0.3) is 0 Å². The van der Waals surface area contributed by atoms with Crippen molar-refractivity contribution in [1.29, 1.82) is 0 Å². The summed E-state index contributed by atoms with van der Waals surface area (Å²) < 4.78 is 37.7. The van der Waals surface area contributed by atoms with E-state index in [4.69, 9.17) is 0 Å². The van der Waals surface area contributed by atoms with Gasteiger partial charge in [-0.2, -0.15) is 13.2 Å². The molecule has 0 bridgehead atoms. The molecule has 2 nitrogen and oxygen atoms in total. The molecule has 126 valence electrons. The van der Waals surface area contributed by atoms with Gasteiger partial charge in [-0.15, -0.1) is 12.4 Å². The topological polar surface area (TPSA) is 15.3 Å². The highest BCUT2D eigenvalue weighted by molar-refractivity contribution is 5.85. The second-order valence-corrected chi connectivity index (χ2v) is 5.95. The van der Waals surface area contributed by atoms with E-state index in [9.17, 15) is 13.2 Å². The molecule has 0 radical (unpaired) electrons. The Balaban J connectivity index is 0.00000242. The van der Waals surface area contributed by atoms with Gasteiger partial charge in [0.2, 0.25) is 0 Å². The SMILES string of the molecule is CC(c1ccc(C(F)(F)F)cc1)N(C)CC1CCCNC1.Cl. The Morgan fingerprint density at radius 1 is 1.27 bits per heavy atom. The first-order valence-corrected chi connectivity index (χ1v) is 7.46. The van der Waals surface area contributed by atoms with E-state index in [1.54, 1.807) is 12.1 Å². The maximum absolute atomic E-state index is 12.6. The van der Waals surface area contributed by atoms with Crippen molar-refractivity contribution in [3.63, 3.8) is 0 Å². The minimum Gasteiger partial charge on any atom is -0.316 e. The average molecular weight is 337 g/mol. The third kappa shape index (κ3) is 5.14. The van der Waals surface area contributed by atoms with Gasteiger partial charge >= 0.3 is 6.18 Å². The van der Waals surface area contributed by atoms with Gasteiger partial charge in [-0.05, 0) is 63.5 Å². The van der Waals surface area contributed by atoms with E-state index in [1.807, 2.05) is 14.0 Å². The van der Waals surface area contributed by atoms with E-state index in [0.717, 1.165) is 25.2 Å². The minimum atomic E-state index is -4.26. The van der Waals surface area contributed by atoms with Gasteiger partial charge < -0.3 is 5.32 Å². The van der Waals surface area contributed by atoms with Gasteiger partial charge in [0.15, 0.2) is 0 Å². The lowest BCUT2D eigenvalue weighted by Gasteiger charge is -2.31. The van der Waals surface area contributed by atoms with Crippen molar-refractivity contribution in [3.05, 3.63) is 35.4 Å². The van der Waals surface area contributed by atoms with E-state index < -0.39 is 11.7 Å². The van der Waals surface area contributed by atoms with Crippen LogP contribution < -0.4 is 5.32 Å². The molecule has 0 aliphatic carbocycles. The van der Waals surface area contributed by atoms with Crippen LogP contribution in [0.2, 0.25) is 0 Å². The van der Waals surface area contributed by atoms with Gasteiger partial charge in [-0.3, -0.25) is 4.90 Å². The van der Waals surface area contributed by atoms with E-state index in [1.165, 1.54) is 25.0 Å². The maximum Gasteiger partial charge on any atom is 0.416 e. The van der Waals surface area contributed by atoms with Crippen LogP contribution in [0, 0.1) is 5.92 Å². The van der Waals surface area contributed by atoms with Crippen LogP contribution in [0.15, 0.2) is 24.3 Å². The number of nitrogens with zero attached hydrogens (tertiary/aromatic N) is 1. The Morgan fingerprint density at radius 3 is 2.41 bits per heavy atom. The molecule has 0 amide bonds. The highest BCUT2D eigenvalue weighted by Gasteiger charge is 2.30. The Kier molecular flexibility index (Phi) is 7.16. The fourth-order valence-electron chi connectivity index (χ4n) is 2.85. The minimum absolute atomic E-state index is 0. The smallest absolute Gasteiger partial charge is 0.316 e. The summed E-state index contributed by atoms with van der Waals surface area (Å²) in [5.74, 6) is 0.626. The van der Waals surface area contributed by atoms with E-state index in [-0.39, 0.29) is 18.4 Å². The number of nitrogens with one attached hydrogen (secondary N) is 1. The summed E-state index contributed by atoms with van der Waals surface area (Å²) in [5, 5.41) is 3.39. The van der Waals surface area contributed by atoms with Crippen LogP contribution in [0.4, 0.5) is 13.2 Å². The number of piperidine rings is 1. The summed E-state index contributed by atoms with van der Waals surface area (Å²) in [6.45, 7) is 5.13. The molecule has 0 spiro atoms. The fraction of sp³-hybridized carbons (Fsp3) is 0.625. The maximum atomic E-state index is 12.6. The lowest BCUT2D eigenvalue weighted by atomic mass is 9.97. The van der Waals surface area contributed by atoms with Crippen LogP contribution in [0.1, 0.15) is 36.9 Å². The van der Waals surface area contributed by atoms with E-state index >= 15 is 0 Å². The lowest BCUT2D eigenvalue weighted by Crippen LogP contribution is -2.37. The predicted molar refractivity (Wildman–Crippen MR) is 85.3 cm³/mol. The molecular weight excluding hydrogens is 313 g/mol. The molecule has 1 heterocycles. The lowest BCUT2D eigenvalue weighted by molar-refractivity contribution is -0.137. The molecule has 1 fully saturated rings. The molecular formula is C16H24ClF3N2. The predicted octanol–water partition coefficient (Wildman–Crippen LogP) is 4.12. The van der Waals surface area contributed by atoms with Crippen LogP contribution in [0.25, 0.3) is 0 Å². The first kappa shape index (κ1) is 19.3. The standard InChI is InChI=1S/C16H23F3N2.ClH/c1-12(21(2)11-13-4-3-9-20-10-13)14-5-7-15(8-6-14)16(17,18)19;/h5-8,12-13,20H,3-4,9-11H2,1-2H3;1H. The van der Waals surface area contributed by atoms with Gasteiger partial charge in [-0.1, -0.05) is 12.1 Å². The zero-order chi connectivity index (χ0) is 15.5. The summed E-state index contributed by atoms with van der Waals surface area (Å²) in [6.07, 6.45) is -1.84. The molecule has 1 aromatic rings. The number of benzene rings is 1. The molecule has 1 N–H and O–H groups in total. The van der Waals surface area contributed by atoms with Gasteiger partial charge in [0, 0.05) is 12.6 Å². The monoisotopic (exact) mass is 336 g/mol. The fourth-order valence-corrected chi connectivity index (χ4v) is 2.85. The molecule has 2 unspecified atom stereocenters. The second-order valence-electron chi connectivity index (χ2n) is 5.95. The molecule has 2 rings (SSSR count). The van der Waals surface area contributed by atoms with Crippen molar-refractivity contribution in [1.82, 2.24) is 10.2 Å². The number of rotatable bonds is 4. The Hall–Kier alpha value is -0.780. The second kappa shape index (κ2) is 8.18. The molecule has 22 heavy (non-hydrogen) atoms. The van der Waals surface area contributed by atoms with Crippen LogP contribution >= 0.6 is 12.4 Å². The molecule has 6 heteroatoms. The van der Waals surface area contributed by atoms with Crippen molar-refractivity contribution in [2.45, 2.75) is 32.0 Å². The van der Waals surface area contributed by atoms with E-state index in [2.05, 4.69) is 10.2 Å². The average Bonchev–Trinajstić information content (AvgIpc) is 2.46. The third-order valence-electron chi connectivity index (χ3n) is 4.33. The molecule has 1 aliphatic rings. The Bertz CT molecular complexity index is 442. The first-order valence-electron chi connectivity index (χ1n) is 7.46. The number of alkyl halides is 3. The van der Waals surface area contributed by atoms with Crippen LogP contribution in [-0.4, -0.2) is 31.6 Å². The highest BCUT2D eigenvalue weighted by atomic mass is 35.5. The highest BCUT2D eigenvalue weighted by Crippen LogP contribution is 2.30. The zero-order valence-electron chi connectivity index (χ0n) is 13.0. The van der Waals surface area contributed by atoms with Crippen molar-refractivity contribution in [2.75, 3.05) is 26.7 Å². The number of hydrogen-bond acceptors (Lipinski definition) is 2. The van der Waals surface area contributed by atoms with Gasteiger partial charge in [0.1, 0.15) is 0 Å². The van der Waals surface area contributed by atoms with Crippen molar-refractivity contribution in [3.8, 4) is 0 Å². The summed E-state index contributed by atoms with van der Waals surface area (Å²) in [4.78, 5) is 2.22. The molecule has 1 aromatic carbocycles. The van der Waals surface area contributed by atoms with Gasteiger partial charge in [-0.25, -0.2) is 0 Å². The largest absolute Gasteiger partial charge is 0.416 e. The summed E-state index contributed by atoms with van der Waals surface area (Å²) in [7, 11) is 2.04. The van der Waals surface area contributed by atoms with Crippen LogP contribution in [0.5, 0.6) is 0 Å². The van der Waals surface area contributed by atoms with Crippen molar-refractivity contribution in [2.24, 2.45) is 5.92 Å². The Labute approximate surface area is 136 Å². The van der Waals surface area contributed by atoms with Crippen LogP contribution in [-0.2, 0) is 6.18 Å². The van der Waals surface area contributed by atoms with Gasteiger partial charge in [0.05, 0.1) is 5.56 Å². The number of hydrogen-bond donors (Lipinski definition) is 1. The molecule has 2 atom stereocenters. The van der Waals surface area contributed by atoms with Crippen LogP contribution in [0.3, 0.4) is 0 Å². The quantitative estimate of drug-likeness (QED) is 0.889. The Morgan fingerprint density at radius 2 is 1.91 bits per heavy atom. The third-order valence-corrected chi connectivity index (χ3v) is 4.33. The number of halogens is 4. The molecule has 1 saturated heterocycles. The molecule has 0 aromatic heterocycles. The first-order chi connectivity index (χ1) is 9.88. The van der Waals surface area contributed by atoms with Crippen molar-refractivity contribution >= 4 is 12.4 Å². The van der Waals surface area contributed by atoms with Crippen molar-refractivity contribution < 1.29 is 13.2 Å². The van der Waals surface area contributed by atoms with E-state index in [0.29, 0.717) is 5.92 Å².